The van der Waals surface area contributed by atoms with Crippen molar-refractivity contribution in [2.24, 2.45) is 14.1 Å². The van der Waals surface area contributed by atoms with E-state index >= 15 is 0 Å². The minimum absolute atomic E-state index is 0.108. The second-order valence-electron chi connectivity index (χ2n) is 6.95. The zero-order valence-corrected chi connectivity index (χ0v) is 18.1. The topological polar surface area (TPSA) is 65.7 Å². The quantitative estimate of drug-likeness (QED) is 0.628. The molecule has 1 aromatic heterocycles. The lowest BCUT2D eigenvalue weighted by Crippen LogP contribution is -2.33. The molecule has 1 aliphatic heterocycles. The van der Waals surface area contributed by atoms with E-state index in [1.165, 1.54) is 16.4 Å². The Morgan fingerprint density at radius 3 is 2.37 bits per heavy atom. The first-order valence-electron chi connectivity index (χ1n) is 9.45. The molecule has 0 unspecified atom stereocenters. The third-order valence-corrected chi connectivity index (χ3v) is 6.55. The van der Waals surface area contributed by atoms with E-state index in [0.717, 1.165) is 11.1 Å². The molecule has 1 amide bonds. The average molecular weight is 426 g/mol. The molecule has 30 heavy (non-hydrogen) atoms. The summed E-state index contributed by atoms with van der Waals surface area (Å²) < 4.78 is 14.2. The van der Waals surface area contributed by atoms with Crippen molar-refractivity contribution in [3.05, 3.63) is 64.4 Å². The van der Waals surface area contributed by atoms with E-state index in [2.05, 4.69) is 0 Å². The zero-order chi connectivity index (χ0) is 21.4. The Morgan fingerprint density at radius 1 is 0.967 bits per heavy atom. The third-order valence-electron chi connectivity index (χ3n) is 5.36. The Morgan fingerprint density at radius 2 is 1.70 bits per heavy atom. The largest absolute Gasteiger partial charge is 0.497 e. The predicted octanol–water partition coefficient (Wildman–Crippen LogP) is 3.19. The molecule has 156 valence electrons. The highest BCUT2D eigenvalue weighted by atomic mass is 32.2. The Bertz CT molecular complexity index is 1150. The van der Waals surface area contributed by atoms with Gasteiger partial charge >= 0.3 is 0 Å². The number of carbonyl (C=O) groups excluding carboxylic acids is 1. The fraction of sp³-hybridized carbons (Fsp3) is 0.273. The molecule has 0 N–H and O–H groups in total. The highest BCUT2D eigenvalue weighted by Crippen LogP contribution is 2.46. The average Bonchev–Trinajstić information content (AvgIpc) is 3.25. The van der Waals surface area contributed by atoms with Gasteiger partial charge in [0.25, 0.3) is 5.56 Å². The Hall–Kier alpha value is -3.13. The molecule has 2 heterocycles. The van der Waals surface area contributed by atoms with Crippen LogP contribution in [-0.2, 0) is 18.9 Å². The van der Waals surface area contributed by atoms with Crippen LogP contribution in [0.2, 0.25) is 0 Å². The summed E-state index contributed by atoms with van der Waals surface area (Å²) in [6, 6.07) is 15.1. The molecule has 0 saturated carbocycles. The SMILES string of the molecule is COc1ccc([C@H]2SCC(=O)N2c2c(-c3ccccc3)n(C)n(C)c2=O)c(OC)c1. The first-order valence-corrected chi connectivity index (χ1v) is 10.5. The highest BCUT2D eigenvalue weighted by Gasteiger charge is 2.40. The molecular weight excluding hydrogens is 402 g/mol. The van der Waals surface area contributed by atoms with Gasteiger partial charge in [0.05, 0.1) is 25.7 Å². The number of thioether (sulfide) groups is 1. The summed E-state index contributed by atoms with van der Waals surface area (Å²) in [6.07, 6.45) is 0. The molecule has 1 fully saturated rings. The van der Waals surface area contributed by atoms with Crippen molar-refractivity contribution in [1.82, 2.24) is 9.36 Å². The lowest BCUT2D eigenvalue weighted by atomic mass is 10.1. The Kier molecular flexibility index (Phi) is 5.34. The van der Waals surface area contributed by atoms with Crippen molar-refractivity contribution in [3.8, 4) is 22.8 Å². The van der Waals surface area contributed by atoms with Gasteiger partial charge in [-0.15, -0.1) is 11.8 Å². The van der Waals surface area contributed by atoms with Crippen molar-refractivity contribution in [2.75, 3.05) is 24.9 Å². The summed E-state index contributed by atoms with van der Waals surface area (Å²) in [7, 11) is 6.70. The standard InChI is InChI=1S/C22H23N3O4S/c1-23-19(14-8-6-5-7-9-14)20(21(27)24(23)2)25-18(26)13-30-22(25)16-11-10-15(28-3)12-17(16)29-4/h5-12,22H,13H2,1-4H3/t22-/m1/s1. The van der Waals surface area contributed by atoms with Crippen LogP contribution in [0.3, 0.4) is 0 Å². The third kappa shape index (κ3) is 3.17. The molecule has 3 aromatic rings. The van der Waals surface area contributed by atoms with E-state index in [0.29, 0.717) is 22.9 Å². The van der Waals surface area contributed by atoms with Crippen molar-refractivity contribution in [3.63, 3.8) is 0 Å². The molecule has 0 aliphatic carbocycles. The van der Waals surface area contributed by atoms with Crippen LogP contribution in [0, 0.1) is 0 Å². The number of carbonyl (C=O) groups is 1. The molecule has 0 radical (unpaired) electrons. The molecule has 0 spiro atoms. The molecule has 2 aromatic carbocycles. The van der Waals surface area contributed by atoms with Gasteiger partial charge in [0.15, 0.2) is 0 Å². The summed E-state index contributed by atoms with van der Waals surface area (Å²) in [5.74, 6) is 1.45. The van der Waals surface area contributed by atoms with Crippen molar-refractivity contribution in [1.29, 1.82) is 0 Å². The number of hydrogen-bond donors (Lipinski definition) is 0. The summed E-state index contributed by atoms with van der Waals surface area (Å²) in [5.41, 5.74) is 2.56. The molecule has 1 saturated heterocycles. The second-order valence-corrected chi connectivity index (χ2v) is 8.02. The molecule has 1 aliphatic rings. The van der Waals surface area contributed by atoms with Crippen molar-refractivity contribution in [2.45, 2.75) is 5.37 Å². The van der Waals surface area contributed by atoms with Crippen LogP contribution in [0.25, 0.3) is 11.3 Å². The fourth-order valence-electron chi connectivity index (χ4n) is 3.75. The van der Waals surface area contributed by atoms with Crippen molar-refractivity contribution >= 4 is 23.4 Å². The van der Waals surface area contributed by atoms with Gasteiger partial charge in [-0.25, -0.2) is 0 Å². The van der Waals surface area contributed by atoms with Crippen LogP contribution in [0.5, 0.6) is 11.5 Å². The predicted molar refractivity (Wildman–Crippen MR) is 118 cm³/mol. The van der Waals surface area contributed by atoms with Gasteiger partial charge in [-0.2, -0.15) is 0 Å². The van der Waals surface area contributed by atoms with Gasteiger partial charge in [-0.05, 0) is 12.1 Å². The molecule has 0 bridgehead atoms. The normalized spacial score (nSPS) is 16.2. The maximum Gasteiger partial charge on any atom is 0.291 e. The summed E-state index contributed by atoms with van der Waals surface area (Å²) >= 11 is 1.48. The van der Waals surface area contributed by atoms with Crippen LogP contribution in [0.4, 0.5) is 5.69 Å². The zero-order valence-electron chi connectivity index (χ0n) is 17.3. The number of aromatic nitrogens is 2. The van der Waals surface area contributed by atoms with Gasteiger partial charge < -0.3 is 9.47 Å². The van der Waals surface area contributed by atoms with Gasteiger partial charge in [0.2, 0.25) is 5.91 Å². The number of hydrogen-bond acceptors (Lipinski definition) is 5. The number of ether oxygens (including phenoxy) is 2. The van der Waals surface area contributed by atoms with E-state index in [-0.39, 0.29) is 22.6 Å². The molecule has 8 heteroatoms. The van der Waals surface area contributed by atoms with Gasteiger partial charge in [-0.1, -0.05) is 30.3 Å². The Labute approximate surface area is 178 Å². The van der Waals surface area contributed by atoms with Crippen molar-refractivity contribution < 1.29 is 14.3 Å². The monoisotopic (exact) mass is 425 g/mol. The number of anilines is 1. The number of amides is 1. The molecule has 7 nitrogen and oxygen atoms in total. The maximum absolute atomic E-state index is 13.2. The van der Waals surface area contributed by atoms with Crippen LogP contribution in [-0.4, -0.2) is 35.2 Å². The number of methoxy groups -OCH3 is 2. The van der Waals surface area contributed by atoms with E-state index in [9.17, 15) is 9.59 Å². The lowest BCUT2D eigenvalue weighted by Gasteiger charge is -2.25. The van der Waals surface area contributed by atoms with E-state index < -0.39 is 0 Å². The first kappa shape index (κ1) is 20.2. The summed E-state index contributed by atoms with van der Waals surface area (Å²) in [4.78, 5) is 27.9. The first-order chi connectivity index (χ1) is 14.5. The number of rotatable bonds is 5. The lowest BCUT2D eigenvalue weighted by molar-refractivity contribution is -0.115. The molecule has 4 rings (SSSR count). The van der Waals surface area contributed by atoms with Gasteiger partial charge in [0.1, 0.15) is 22.6 Å². The van der Waals surface area contributed by atoms with E-state index in [1.54, 1.807) is 36.9 Å². The highest BCUT2D eigenvalue weighted by molar-refractivity contribution is 8.00. The minimum atomic E-state index is -0.379. The Balaban J connectivity index is 1.91. The van der Waals surface area contributed by atoms with Crippen LogP contribution < -0.4 is 19.9 Å². The summed E-state index contributed by atoms with van der Waals surface area (Å²) in [5, 5.41) is -0.379. The van der Waals surface area contributed by atoms with Crippen LogP contribution in [0.15, 0.2) is 53.3 Å². The fourth-order valence-corrected chi connectivity index (χ4v) is 4.93. The molecular formula is C22H23N3O4S. The molecule has 1 atom stereocenters. The van der Waals surface area contributed by atoms with Gasteiger partial charge in [0, 0.05) is 31.3 Å². The van der Waals surface area contributed by atoms with E-state index in [4.69, 9.17) is 9.47 Å². The smallest absolute Gasteiger partial charge is 0.291 e. The number of nitrogens with zero attached hydrogens (tertiary/aromatic N) is 3. The maximum atomic E-state index is 13.2. The van der Waals surface area contributed by atoms with Gasteiger partial charge in [-0.3, -0.25) is 23.9 Å². The van der Waals surface area contributed by atoms with Crippen LogP contribution in [0.1, 0.15) is 10.9 Å². The van der Waals surface area contributed by atoms with E-state index in [1.807, 2.05) is 49.5 Å². The number of benzene rings is 2. The van der Waals surface area contributed by atoms with Crippen LogP contribution >= 0.6 is 11.8 Å². The second kappa shape index (κ2) is 7.95. The minimum Gasteiger partial charge on any atom is -0.497 e. The summed E-state index contributed by atoms with van der Waals surface area (Å²) in [6.45, 7) is 0.